The van der Waals surface area contributed by atoms with Gasteiger partial charge in [-0.1, -0.05) is 0 Å². The van der Waals surface area contributed by atoms with Crippen LogP contribution in [0.15, 0.2) is 0 Å². The fourth-order valence-corrected chi connectivity index (χ4v) is 1.65. The maximum Gasteiger partial charge on any atom is 0.311 e. The van der Waals surface area contributed by atoms with Gasteiger partial charge in [-0.05, 0) is 12.8 Å². The van der Waals surface area contributed by atoms with Crippen molar-refractivity contribution < 1.29 is 14.3 Å². The fourth-order valence-electron chi connectivity index (χ4n) is 1.65. The van der Waals surface area contributed by atoms with Gasteiger partial charge in [0.05, 0.1) is 25.2 Å². The van der Waals surface area contributed by atoms with Crippen molar-refractivity contribution in [2.24, 2.45) is 5.92 Å². The lowest BCUT2D eigenvalue weighted by molar-refractivity contribution is -0.146. The summed E-state index contributed by atoms with van der Waals surface area (Å²) < 4.78 is 9.80. The number of ether oxygens (including phenoxy) is 2. The molecule has 10 heavy (non-hydrogen) atoms. The lowest BCUT2D eigenvalue weighted by atomic mass is 10.1. The molecule has 2 rings (SSSR count). The standard InChI is InChI=1S/C7H10O3/c1-9-7(8)4-2-3-5-6(4)10-5/h4-6H,2-3H2,1H3/t4-,5-,6+/m1/s1. The first-order valence-corrected chi connectivity index (χ1v) is 3.56. The Morgan fingerprint density at radius 2 is 2.40 bits per heavy atom. The lowest BCUT2D eigenvalue weighted by Gasteiger charge is -2.05. The van der Waals surface area contributed by atoms with Crippen LogP contribution in [0.1, 0.15) is 12.8 Å². The van der Waals surface area contributed by atoms with Crippen LogP contribution in [-0.4, -0.2) is 25.3 Å². The van der Waals surface area contributed by atoms with E-state index in [4.69, 9.17) is 4.74 Å². The summed E-state index contributed by atoms with van der Waals surface area (Å²) in [5.74, 6) is -0.0694. The highest BCUT2D eigenvalue weighted by Gasteiger charge is 2.53. The second kappa shape index (κ2) is 1.95. The summed E-state index contributed by atoms with van der Waals surface area (Å²) in [5, 5.41) is 0. The monoisotopic (exact) mass is 142 g/mol. The Morgan fingerprint density at radius 1 is 1.60 bits per heavy atom. The van der Waals surface area contributed by atoms with Crippen molar-refractivity contribution in [2.75, 3.05) is 7.11 Å². The van der Waals surface area contributed by atoms with Crippen LogP contribution in [-0.2, 0) is 14.3 Å². The second-order valence-electron chi connectivity index (χ2n) is 2.85. The summed E-state index contributed by atoms with van der Waals surface area (Å²) in [4.78, 5) is 10.9. The molecule has 0 amide bonds. The molecule has 0 bridgehead atoms. The molecule has 2 fully saturated rings. The third-order valence-electron chi connectivity index (χ3n) is 2.28. The zero-order valence-corrected chi connectivity index (χ0v) is 5.87. The molecule has 1 saturated carbocycles. The number of rotatable bonds is 1. The van der Waals surface area contributed by atoms with Gasteiger partial charge in [-0.2, -0.15) is 0 Å². The van der Waals surface area contributed by atoms with E-state index < -0.39 is 0 Å². The number of epoxide rings is 1. The molecule has 1 heterocycles. The molecular formula is C7H10O3. The molecule has 0 aromatic heterocycles. The third kappa shape index (κ3) is 0.736. The van der Waals surface area contributed by atoms with Crippen molar-refractivity contribution in [2.45, 2.75) is 25.0 Å². The van der Waals surface area contributed by atoms with Crippen molar-refractivity contribution in [1.82, 2.24) is 0 Å². The molecule has 0 spiro atoms. The number of hydrogen-bond acceptors (Lipinski definition) is 3. The summed E-state index contributed by atoms with van der Waals surface area (Å²) in [5.41, 5.74) is 0. The number of carbonyl (C=O) groups excluding carboxylic acids is 1. The van der Waals surface area contributed by atoms with Crippen LogP contribution in [0.3, 0.4) is 0 Å². The minimum absolute atomic E-state index is 0.0370. The molecule has 0 N–H and O–H groups in total. The molecule has 3 heteroatoms. The van der Waals surface area contributed by atoms with Crippen molar-refractivity contribution >= 4 is 5.97 Å². The molecule has 56 valence electrons. The van der Waals surface area contributed by atoms with Crippen LogP contribution in [0.4, 0.5) is 0 Å². The number of methoxy groups -OCH3 is 1. The summed E-state index contributed by atoms with van der Waals surface area (Å²) in [7, 11) is 1.43. The van der Waals surface area contributed by atoms with E-state index in [9.17, 15) is 4.79 Å². The fraction of sp³-hybridized carbons (Fsp3) is 0.857. The van der Waals surface area contributed by atoms with Crippen LogP contribution in [0.25, 0.3) is 0 Å². The predicted octanol–water partition coefficient (Wildman–Crippen LogP) is 0.337. The molecule has 0 aromatic carbocycles. The van der Waals surface area contributed by atoms with Gasteiger partial charge in [0.15, 0.2) is 0 Å². The molecule has 0 radical (unpaired) electrons. The Bertz CT molecular complexity index is 166. The average Bonchev–Trinajstić information content (AvgIpc) is 2.62. The molecular weight excluding hydrogens is 132 g/mol. The SMILES string of the molecule is COC(=O)[C@@H]1CC[C@H]2O[C@H]21. The van der Waals surface area contributed by atoms with Crippen LogP contribution in [0.5, 0.6) is 0 Å². The minimum Gasteiger partial charge on any atom is -0.469 e. The normalized spacial score (nSPS) is 42.7. The van der Waals surface area contributed by atoms with Gasteiger partial charge in [0, 0.05) is 0 Å². The van der Waals surface area contributed by atoms with E-state index in [1.165, 1.54) is 7.11 Å². The van der Waals surface area contributed by atoms with E-state index in [0.717, 1.165) is 12.8 Å². The first-order chi connectivity index (χ1) is 4.83. The molecule has 2 aliphatic rings. The summed E-state index contributed by atoms with van der Waals surface area (Å²) in [6.07, 6.45) is 2.56. The highest BCUT2D eigenvalue weighted by molar-refractivity contribution is 5.74. The van der Waals surface area contributed by atoms with Crippen molar-refractivity contribution in [3.63, 3.8) is 0 Å². The Hall–Kier alpha value is -0.570. The van der Waals surface area contributed by atoms with E-state index in [-0.39, 0.29) is 18.0 Å². The van der Waals surface area contributed by atoms with E-state index in [0.29, 0.717) is 6.10 Å². The zero-order valence-electron chi connectivity index (χ0n) is 5.87. The maximum atomic E-state index is 10.9. The predicted molar refractivity (Wildman–Crippen MR) is 33.4 cm³/mol. The topological polar surface area (TPSA) is 38.8 Å². The number of fused-ring (bicyclic) bond motifs is 1. The molecule has 1 aliphatic heterocycles. The third-order valence-corrected chi connectivity index (χ3v) is 2.28. The Labute approximate surface area is 59.3 Å². The van der Waals surface area contributed by atoms with Gasteiger partial charge in [0.1, 0.15) is 0 Å². The Balaban J connectivity index is 1.98. The van der Waals surface area contributed by atoms with Crippen molar-refractivity contribution in [3.05, 3.63) is 0 Å². The van der Waals surface area contributed by atoms with Crippen LogP contribution in [0.2, 0.25) is 0 Å². The first-order valence-electron chi connectivity index (χ1n) is 3.56. The largest absolute Gasteiger partial charge is 0.469 e. The Morgan fingerprint density at radius 3 is 2.80 bits per heavy atom. The van der Waals surface area contributed by atoms with Crippen molar-refractivity contribution in [1.29, 1.82) is 0 Å². The minimum atomic E-state index is -0.106. The highest BCUT2D eigenvalue weighted by Crippen LogP contribution is 2.43. The van der Waals surface area contributed by atoms with Crippen molar-refractivity contribution in [3.8, 4) is 0 Å². The highest BCUT2D eigenvalue weighted by atomic mass is 16.6. The van der Waals surface area contributed by atoms with Gasteiger partial charge in [0.2, 0.25) is 0 Å². The second-order valence-corrected chi connectivity index (χ2v) is 2.85. The van der Waals surface area contributed by atoms with E-state index in [1.54, 1.807) is 0 Å². The van der Waals surface area contributed by atoms with Gasteiger partial charge >= 0.3 is 5.97 Å². The number of hydrogen-bond donors (Lipinski definition) is 0. The molecule has 0 unspecified atom stereocenters. The molecule has 3 atom stereocenters. The van der Waals surface area contributed by atoms with E-state index in [2.05, 4.69) is 4.74 Å². The molecule has 0 aromatic rings. The maximum absolute atomic E-state index is 10.9. The number of carbonyl (C=O) groups is 1. The van der Waals surface area contributed by atoms with Gasteiger partial charge < -0.3 is 9.47 Å². The van der Waals surface area contributed by atoms with Gasteiger partial charge in [-0.3, -0.25) is 4.79 Å². The summed E-state index contributed by atoms with van der Waals surface area (Å²) in [6.45, 7) is 0. The smallest absolute Gasteiger partial charge is 0.311 e. The number of esters is 1. The molecule has 1 aliphatic carbocycles. The van der Waals surface area contributed by atoms with Gasteiger partial charge in [-0.15, -0.1) is 0 Å². The first kappa shape index (κ1) is 6.16. The zero-order chi connectivity index (χ0) is 7.14. The quantitative estimate of drug-likeness (QED) is 0.391. The molecule has 1 saturated heterocycles. The van der Waals surface area contributed by atoms with Crippen LogP contribution >= 0.6 is 0 Å². The summed E-state index contributed by atoms with van der Waals surface area (Å²) in [6, 6.07) is 0. The van der Waals surface area contributed by atoms with Crippen LogP contribution < -0.4 is 0 Å². The average molecular weight is 142 g/mol. The summed E-state index contributed by atoms with van der Waals surface area (Å²) >= 11 is 0. The van der Waals surface area contributed by atoms with Gasteiger partial charge in [-0.25, -0.2) is 0 Å². The van der Waals surface area contributed by atoms with E-state index >= 15 is 0 Å². The molecule has 3 nitrogen and oxygen atoms in total. The van der Waals surface area contributed by atoms with Gasteiger partial charge in [0.25, 0.3) is 0 Å². The van der Waals surface area contributed by atoms with Crippen LogP contribution in [0, 0.1) is 5.92 Å². The van der Waals surface area contributed by atoms with E-state index in [1.807, 2.05) is 0 Å². The lowest BCUT2D eigenvalue weighted by Crippen LogP contribution is -2.18. The Kier molecular flexibility index (Phi) is 1.20.